The smallest absolute Gasteiger partial charge is 0.329 e. The monoisotopic (exact) mass is 295 g/mol. The molecule has 0 N–H and O–H groups in total. The van der Waals surface area contributed by atoms with E-state index in [1.807, 2.05) is 0 Å². The van der Waals surface area contributed by atoms with Crippen LogP contribution in [0.4, 0.5) is 0 Å². The molecule has 0 aromatic rings. The third kappa shape index (κ3) is 3.98. The van der Waals surface area contributed by atoms with Gasteiger partial charge < -0.3 is 9.64 Å². The Kier molecular flexibility index (Phi) is 4.95. The van der Waals surface area contributed by atoms with Gasteiger partial charge >= 0.3 is 5.97 Å². The van der Waals surface area contributed by atoms with Crippen molar-refractivity contribution in [3.05, 3.63) is 0 Å². The summed E-state index contributed by atoms with van der Waals surface area (Å²) in [5.41, 5.74) is 0.339. The van der Waals surface area contributed by atoms with Crippen molar-refractivity contribution in [3.8, 4) is 0 Å². The molecule has 1 aliphatic carbocycles. The lowest BCUT2D eigenvalue weighted by Gasteiger charge is -2.37. The normalized spacial score (nSPS) is 30.3. The van der Waals surface area contributed by atoms with E-state index in [0.717, 1.165) is 38.5 Å². The van der Waals surface area contributed by atoms with Gasteiger partial charge in [-0.3, -0.25) is 4.79 Å². The van der Waals surface area contributed by atoms with Gasteiger partial charge in [0.25, 0.3) is 0 Å². The topological polar surface area (TPSA) is 46.6 Å². The van der Waals surface area contributed by atoms with E-state index in [9.17, 15) is 9.59 Å². The average Bonchev–Trinajstić information content (AvgIpc) is 2.87. The summed E-state index contributed by atoms with van der Waals surface area (Å²) in [5, 5.41) is 0. The van der Waals surface area contributed by atoms with E-state index in [1.54, 1.807) is 4.90 Å². The summed E-state index contributed by atoms with van der Waals surface area (Å²) in [6.07, 6.45) is 5.86. The Hall–Kier alpha value is -1.06. The van der Waals surface area contributed by atoms with Crippen molar-refractivity contribution in [3.63, 3.8) is 0 Å². The van der Waals surface area contributed by atoms with Crippen molar-refractivity contribution >= 4 is 11.9 Å². The first-order chi connectivity index (χ1) is 9.79. The molecule has 1 aliphatic heterocycles. The Bertz CT molecular complexity index is 391. The standard InChI is InChI=1S/C17H29NO3/c1-12(19)18-11-5-6-15(18)16(20)21-14-9-7-13(8-10-14)17(2,3)4/h13-15H,5-11H2,1-4H3. The molecule has 120 valence electrons. The van der Waals surface area contributed by atoms with Crippen LogP contribution in [0.5, 0.6) is 0 Å². The lowest BCUT2D eigenvalue weighted by Crippen LogP contribution is -2.42. The summed E-state index contributed by atoms with van der Waals surface area (Å²) >= 11 is 0. The molecule has 1 atom stereocenters. The first-order valence-corrected chi connectivity index (χ1v) is 8.26. The highest BCUT2D eigenvalue weighted by atomic mass is 16.5. The van der Waals surface area contributed by atoms with Gasteiger partial charge in [-0.05, 0) is 49.9 Å². The van der Waals surface area contributed by atoms with E-state index >= 15 is 0 Å². The molecular formula is C17H29NO3. The highest BCUT2D eigenvalue weighted by molar-refractivity contribution is 5.84. The van der Waals surface area contributed by atoms with Crippen LogP contribution in [0.2, 0.25) is 0 Å². The fourth-order valence-electron chi connectivity index (χ4n) is 3.68. The van der Waals surface area contributed by atoms with Crippen LogP contribution in [-0.4, -0.2) is 35.5 Å². The SMILES string of the molecule is CC(=O)N1CCCC1C(=O)OC1CCC(C(C)(C)C)CC1. The Morgan fingerprint density at radius 3 is 2.19 bits per heavy atom. The number of ether oxygens (including phenoxy) is 1. The Balaban J connectivity index is 1.83. The van der Waals surface area contributed by atoms with Gasteiger partial charge in [-0.25, -0.2) is 4.79 Å². The first-order valence-electron chi connectivity index (χ1n) is 8.26. The molecule has 1 unspecified atom stereocenters. The van der Waals surface area contributed by atoms with Crippen LogP contribution >= 0.6 is 0 Å². The molecule has 1 saturated carbocycles. The highest BCUT2D eigenvalue weighted by Gasteiger charge is 2.36. The minimum atomic E-state index is -0.345. The van der Waals surface area contributed by atoms with Gasteiger partial charge in [-0.1, -0.05) is 20.8 Å². The zero-order valence-electron chi connectivity index (χ0n) is 13.9. The van der Waals surface area contributed by atoms with Crippen LogP contribution in [0, 0.1) is 11.3 Å². The van der Waals surface area contributed by atoms with E-state index in [-0.39, 0.29) is 24.0 Å². The maximum atomic E-state index is 12.3. The lowest BCUT2D eigenvalue weighted by atomic mass is 9.72. The molecule has 2 fully saturated rings. The zero-order chi connectivity index (χ0) is 15.6. The van der Waals surface area contributed by atoms with Crippen LogP contribution in [0.3, 0.4) is 0 Å². The molecule has 1 amide bonds. The van der Waals surface area contributed by atoms with Gasteiger partial charge in [-0.2, -0.15) is 0 Å². The summed E-state index contributed by atoms with van der Waals surface area (Å²) in [5.74, 6) is 0.500. The maximum absolute atomic E-state index is 12.3. The van der Waals surface area contributed by atoms with E-state index in [0.29, 0.717) is 17.9 Å². The molecule has 0 bridgehead atoms. The fraction of sp³-hybridized carbons (Fsp3) is 0.882. The number of likely N-dealkylation sites (tertiary alicyclic amines) is 1. The second kappa shape index (κ2) is 6.37. The lowest BCUT2D eigenvalue weighted by molar-refractivity contribution is -0.159. The molecule has 21 heavy (non-hydrogen) atoms. The fourth-order valence-corrected chi connectivity index (χ4v) is 3.68. The molecular weight excluding hydrogens is 266 g/mol. The number of carbonyl (C=O) groups is 2. The summed E-state index contributed by atoms with van der Waals surface area (Å²) in [4.78, 5) is 25.5. The molecule has 4 nitrogen and oxygen atoms in total. The molecule has 0 aromatic carbocycles. The van der Waals surface area contributed by atoms with Gasteiger partial charge in [0.15, 0.2) is 0 Å². The van der Waals surface area contributed by atoms with Crippen molar-refractivity contribution < 1.29 is 14.3 Å². The number of nitrogens with zero attached hydrogens (tertiary/aromatic N) is 1. The Labute approximate surface area is 128 Å². The van der Waals surface area contributed by atoms with Gasteiger partial charge in [0.1, 0.15) is 12.1 Å². The number of amides is 1. The summed E-state index contributed by atoms with van der Waals surface area (Å²) in [6.45, 7) is 9.07. The maximum Gasteiger partial charge on any atom is 0.329 e. The summed E-state index contributed by atoms with van der Waals surface area (Å²) in [6, 6.07) is -0.345. The number of esters is 1. The van der Waals surface area contributed by atoms with Crippen LogP contribution in [-0.2, 0) is 14.3 Å². The van der Waals surface area contributed by atoms with E-state index in [4.69, 9.17) is 4.74 Å². The molecule has 0 aromatic heterocycles. The van der Waals surface area contributed by atoms with Gasteiger partial charge in [0.2, 0.25) is 5.91 Å². The van der Waals surface area contributed by atoms with Crippen molar-refractivity contribution in [1.29, 1.82) is 0 Å². The molecule has 1 heterocycles. The Morgan fingerprint density at radius 2 is 1.67 bits per heavy atom. The summed E-state index contributed by atoms with van der Waals surface area (Å²) in [7, 11) is 0. The van der Waals surface area contributed by atoms with E-state index < -0.39 is 0 Å². The van der Waals surface area contributed by atoms with Crippen LogP contribution in [0.15, 0.2) is 0 Å². The van der Waals surface area contributed by atoms with Crippen molar-refractivity contribution in [1.82, 2.24) is 4.90 Å². The van der Waals surface area contributed by atoms with Gasteiger partial charge in [0, 0.05) is 13.5 Å². The molecule has 2 rings (SSSR count). The zero-order valence-corrected chi connectivity index (χ0v) is 13.9. The van der Waals surface area contributed by atoms with E-state index in [1.165, 1.54) is 6.92 Å². The van der Waals surface area contributed by atoms with Crippen LogP contribution in [0.25, 0.3) is 0 Å². The Morgan fingerprint density at radius 1 is 1.05 bits per heavy atom. The molecule has 4 heteroatoms. The number of hydrogen-bond donors (Lipinski definition) is 0. The van der Waals surface area contributed by atoms with Gasteiger partial charge in [-0.15, -0.1) is 0 Å². The van der Waals surface area contributed by atoms with E-state index in [2.05, 4.69) is 20.8 Å². The third-order valence-electron chi connectivity index (χ3n) is 5.11. The molecule has 2 aliphatic rings. The second-order valence-corrected chi connectivity index (χ2v) is 7.65. The predicted octanol–water partition coefficient (Wildman–Crippen LogP) is 3.15. The predicted molar refractivity (Wildman–Crippen MR) is 81.7 cm³/mol. The molecule has 1 saturated heterocycles. The molecule has 0 radical (unpaired) electrons. The second-order valence-electron chi connectivity index (χ2n) is 7.65. The number of hydrogen-bond acceptors (Lipinski definition) is 3. The van der Waals surface area contributed by atoms with Gasteiger partial charge in [0.05, 0.1) is 0 Å². The third-order valence-corrected chi connectivity index (χ3v) is 5.11. The highest BCUT2D eigenvalue weighted by Crippen LogP contribution is 2.38. The van der Waals surface area contributed by atoms with Crippen molar-refractivity contribution in [2.75, 3.05) is 6.54 Å². The summed E-state index contributed by atoms with van der Waals surface area (Å²) < 4.78 is 5.68. The minimum absolute atomic E-state index is 0.0223. The van der Waals surface area contributed by atoms with Crippen LogP contribution < -0.4 is 0 Å². The van der Waals surface area contributed by atoms with Crippen molar-refractivity contribution in [2.24, 2.45) is 11.3 Å². The largest absolute Gasteiger partial charge is 0.461 e. The molecule has 0 spiro atoms. The first kappa shape index (κ1) is 16.3. The number of rotatable bonds is 2. The number of carbonyl (C=O) groups excluding carboxylic acids is 2. The van der Waals surface area contributed by atoms with Crippen LogP contribution in [0.1, 0.15) is 66.2 Å². The average molecular weight is 295 g/mol. The quantitative estimate of drug-likeness (QED) is 0.735. The minimum Gasteiger partial charge on any atom is -0.461 e. The van der Waals surface area contributed by atoms with Crippen molar-refractivity contribution in [2.45, 2.75) is 78.4 Å².